The lowest BCUT2D eigenvalue weighted by atomic mass is 9.47. The molecule has 3 saturated carbocycles. The van der Waals surface area contributed by atoms with Crippen LogP contribution in [0.2, 0.25) is 0 Å². The Balaban J connectivity index is 1.49. The van der Waals surface area contributed by atoms with E-state index < -0.39 is 0 Å². The van der Waals surface area contributed by atoms with Crippen LogP contribution in [0.5, 0.6) is 0 Å². The van der Waals surface area contributed by atoms with E-state index in [1.165, 1.54) is 31.3 Å². The topological polar surface area (TPSA) is 46.5 Å². The van der Waals surface area contributed by atoms with E-state index in [4.69, 9.17) is 4.74 Å². The van der Waals surface area contributed by atoms with Crippen LogP contribution in [-0.4, -0.2) is 22.8 Å². The average Bonchev–Trinajstić information content (AvgIpc) is 3.10. The maximum absolute atomic E-state index is 11.9. The zero-order valence-corrected chi connectivity index (χ0v) is 15.7. The number of hydrogen-bond acceptors (Lipinski definition) is 3. The largest absolute Gasteiger partial charge is 0.458 e. The monoisotopic (exact) mass is 344 g/mol. The molecule has 1 N–H and O–H groups in total. The molecule has 0 aromatic heterocycles. The number of aliphatic hydroxyl groups is 1. The lowest BCUT2D eigenvalue weighted by molar-refractivity contribution is -0.167. The fraction of sp³-hybridized carbons (Fsp3) is 0.864. The molecular formula is C22H32O3. The third-order valence-electron chi connectivity index (χ3n) is 9.41. The van der Waals surface area contributed by atoms with E-state index in [2.05, 4.69) is 19.9 Å². The molecular weight excluding hydrogens is 312 g/mol. The summed E-state index contributed by atoms with van der Waals surface area (Å²) in [6, 6.07) is 0. The summed E-state index contributed by atoms with van der Waals surface area (Å²) in [5.41, 5.74) is 1.85. The van der Waals surface area contributed by atoms with Crippen LogP contribution < -0.4 is 0 Å². The van der Waals surface area contributed by atoms with Gasteiger partial charge in [0, 0.05) is 11.8 Å². The Morgan fingerprint density at radius 2 is 1.88 bits per heavy atom. The zero-order chi connectivity index (χ0) is 17.4. The summed E-state index contributed by atoms with van der Waals surface area (Å²) in [5.74, 6) is 2.22. The highest BCUT2D eigenvalue weighted by Gasteiger charge is 2.66. The Labute approximate surface area is 151 Å². The zero-order valence-electron chi connectivity index (χ0n) is 15.7. The first kappa shape index (κ1) is 16.4. The molecule has 3 heteroatoms. The maximum atomic E-state index is 11.9. The van der Waals surface area contributed by atoms with Crippen LogP contribution in [0.1, 0.15) is 78.1 Å². The molecule has 3 nitrogen and oxygen atoms in total. The van der Waals surface area contributed by atoms with Gasteiger partial charge in [0.15, 0.2) is 0 Å². The standard InChI is InChI=1S/C22H32O3/c1-20-9-5-15(23)13-14(20)3-4-16-17(20)6-10-21(2)18(16)7-11-22(21)12-8-19(24)25-22/h3,15-18,23H,4-13H2,1-2H3/t15-,16+,17-,18-,20+,21-,22-/m1/s1. The van der Waals surface area contributed by atoms with Crippen LogP contribution in [0.15, 0.2) is 11.6 Å². The van der Waals surface area contributed by atoms with Crippen LogP contribution in [0.25, 0.3) is 0 Å². The molecule has 1 aliphatic heterocycles. The summed E-state index contributed by atoms with van der Waals surface area (Å²) < 4.78 is 6.02. The Hall–Kier alpha value is -0.830. The second-order valence-electron chi connectivity index (χ2n) is 10.1. The Bertz CT molecular complexity index is 639. The molecule has 138 valence electrons. The van der Waals surface area contributed by atoms with Crippen LogP contribution in [0.4, 0.5) is 0 Å². The predicted octanol–water partition coefficient (Wildman–Crippen LogP) is 4.39. The van der Waals surface area contributed by atoms with Crippen molar-refractivity contribution in [2.75, 3.05) is 0 Å². The van der Waals surface area contributed by atoms with Crippen molar-refractivity contribution in [3.8, 4) is 0 Å². The van der Waals surface area contributed by atoms with Gasteiger partial charge in [-0.3, -0.25) is 4.79 Å². The number of hydrogen-bond donors (Lipinski definition) is 1. The number of esters is 1. The molecule has 0 bridgehead atoms. The minimum Gasteiger partial charge on any atom is -0.458 e. The molecule has 0 aromatic carbocycles. The van der Waals surface area contributed by atoms with Gasteiger partial charge in [-0.1, -0.05) is 25.5 Å². The first-order valence-electron chi connectivity index (χ1n) is 10.5. The van der Waals surface area contributed by atoms with Gasteiger partial charge in [0.25, 0.3) is 0 Å². The number of carbonyl (C=O) groups is 1. The van der Waals surface area contributed by atoms with Gasteiger partial charge in [-0.15, -0.1) is 0 Å². The molecule has 1 heterocycles. The maximum Gasteiger partial charge on any atom is 0.306 e. The molecule has 0 aromatic rings. The lowest BCUT2D eigenvalue weighted by Crippen LogP contribution is -2.54. The van der Waals surface area contributed by atoms with E-state index in [-0.39, 0.29) is 23.1 Å². The molecule has 4 fully saturated rings. The van der Waals surface area contributed by atoms with Crippen molar-refractivity contribution >= 4 is 5.97 Å². The van der Waals surface area contributed by atoms with E-state index in [0.717, 1.165) is 43.9 Å². The molecule has 1 saturated heterocycles. The molecule has 1 spiro atoms. The van der Waals surface area contributed by atoms with Crippen molar-refractivity contribution < 1.29 is 14.6 Å². The second kappa shape index (κ2) is 5.12. The van der Waals surface area contributed by atoms with Crippen molar-refractivity contribution in [1.82, 2.24) is 0 Å². The number of aliphatic hydroxyl groups excluding tert-OH is 1. The van der Waals surface area contributed by atoms with Gasteiger partial charge < -0.3 is 9.84 Å². The third kappa shape index (κ3) is 1.99. The van der Waals surface area contributed by atoms with Gasteiger partial charge in [-0.05, 0) is 81.0 Å². The predicted molar refractivity (Wildman–Crippen MR) is 95.8 cm³/mol. The first-order valence-corrected chi connectivity index (χ1v) is 10.5. The smallest absolute Gasteiger partial charge is 0.306 e. The Morgan fingerprint density at radius 3 is 2.64 bits per heavy atom. The van der Waals surface area contributed by atoms with E-state index in [0.29, 0.717) is 17.8 Å². The fourth-order valence-electron chi connectivity index (χ4n) is 7.94. The van der Waals surface area contributed by atoms with Crippen LogP contribution in [0, 0.1) is 28.6 Å². The SMILES string of the molecule is C[C@]12CC[C@@H](O)CC1=CC[C@H]1[C@H]2CC[C@]2(C)[C@@H]1CC[C@@]21CCC(=O)O1. The summed E-state index contributed by atoms with van der Waals surface area (Å²) in [4.78, 5) is 11.9. The van der Waals surface area contributed by atoms with E-state index >= 15 is 0 Å². The number of carbonyl (C=O) groups excluding carboxylic acids is 1. The Morgan fingerprint density at radius 1 is 1.08 bits per heavy atom. The van der Waals surface area contributed by atoms with Gasteiger partial charge >= 0.3 is 5.97 Å². The quantitative estimate of drug-likeness (QED) is 0.524. The molecule has 5 rings (SSSR count). The van der Waals surface area contributed by atoms with Crippen LogP contribution >= 0.6 is 0 Å². The fourth-order valence-corrected chi connectivity index (χ4v) is 7.94. The first-order chi connectivity index (χ1) is 11.9. The minimum absolute atomic E-state index is 0.0306. The van der Waals surface area contributed by atoms with Gasteiger partial charge in [0.05, 0.1) is 6.10 Å². The molecule has 0 radical (unpaired) electrons. The molecule has 25 heavy (non-hydrogen) atoms. The van der Waals surface area contributed by atoms with Crippen LogP contribution in [0.3, 0.4) is 0 Å². The number of ether oxygens (including phenoxy) is 1. The Kier molecular flexibility index (Phi) is 3.35. The second-order valence-corrected chi connectivity index (χ2v) is 10.1. The van der Waals surface area contributed by atoms with Crippen molar-refractivity contribution in [3.05, 3.63) is 11.6 Å². The summed E-state index contributed by atoms with van der Waals surface area (Å²) in [6.45, 7) is 4.91. The summed E-state index contributed by atoms with van der Waals surface area (Å²) in [7, 11) is 0. The van der Waals surface area contributed by atoms with E-state index in [9.17, 15) is 9.90 Å². The summed E-state index contributed by atoms with van der Waals surface area (Å²) >= 11 is 0. The molecule has 4 aliphatic carbocycles. The molecule has 5 aliphatic rings. The van der Waals surface area contributed by atoms with Crippen molar-refractivity contribution in [2.45, 2.75) is 89.8 Å². The summed E-state index contributed by atoms with van der Waals surface area (Å²) in [5, 5.41) is 10.1. The van der Waals surface area contributed by atoms with Gasteiger partial charge in [0.1, 0.15) is 5.60 Å². The highest BCUT2D eigenvalue weighted by molar-refractivity contribution is 5.72. The lowest BCUT2D eigenvalue weighted by Gasteiger charge is -2.59. The van der Waals surface area contributed by atoms with Crippen molar-refractivity contribution in [1.29, 1.82) is 0 Å². The molecule has 0 unspecified atom stereocenters. The van der Waals surface area contributed by atoms with Gasteiger partial charge in [-0.25, -0.2) is 0 Å². The van der Waals surface area contributed by atoms with Crippen molar-refractivity contribution in [3.63, 3.8) is 0 Å². The van der Waals surface area contributed by atoms with Gasteiger partial charge in [-0.2, -0.15) is 0 Å². The van der Waals surface area contributed by atoms with Gasteiger partial charge in [0.2, 0.25) is 0 Å². The van der Waals surface area contributed by atoms with E-state index in [1.807, 2.05) is 0 Å². The number of allylic oxidation sites excluding steroid dienone is 1. The number of fused-ring (bicyclic) bond motifs is 6. The number of rotatable bonds is 0. The van der Waals surface area contributed by atoms with E-state index in [1.54, 1.807) is 0 Å². The normalized spacial score (nSPS) is 54.5. The third-order valence-corrected chi connectivity index (χ3v) is 9.41. The summed E-state index contributed by atoms with van der Waals surface area (Å²) in [6.07, 6.45) is 12.9. The molecule has 7 atom stereocenters. The highest BCUT2D eigenvalue weighted by atomic mass is 16.6. The minimum atomic E-state index is -0.159. The van der Waals surface area contributed by atoms with Crippen LogP contribution in [-0.2, 0) is 9.53 Å². The molecule has 0 amide bonds. The van der Waals surface area contributed by atoms with Crippen molar-refractivity contribution in [2.24, 2.45) is 28.6 Å². The highest BCUT2D eigenvalue weighted by Crippen LogP contribution is 2.69. The average molecular weight is 344 g/mol.